The Morgan fingerprint density at radius 2 is 1.61 bits per heavy atom. The molecular formula is C19H31ClN8O3. The van der Waals surface area contributed by atoms with E-state index in [0.717, 1.165) is 19.3 Å². The molecule has 11 nitrogen and oxygen atoms in total. The predicted molar refractivity (Wildman–Crippen MR) is 121 cm³/mol. The average Bonchev–Trinajstić information content (AvgIpc) is 2.71. The van der Waals surface area contributed by atoms with Crippen molar-refractivity contribution in [3.63, 3.8) is 0 Å². The minimum Gasteiger partial charge on any atom is -0.492 e. The van der Waals surface area contributed by atoms with Crippen LogP contribution in [-0.4, -0.2) is 55.0 Å². The van der Waals surface area contributed by atoms with Crippen LogP contribution in [0.25, 0.3) is 0 Å². The maximum absolute atomic E-state index is 12.2. The van der Waals surface area contributed by atoms with Gasteiger partial charge in [-0.25, -0.2) is 0 Å². The maximum atomic E-state index is 12.2. The van der Waals surface area contributed by atoms with Crippen LogP contribution in [-0.2, 0) is 11.2 Å². The van der Waals surface area contributed by atoms with E-state index in [1.807, 2.05) is 0 Å². The van der Waals surface area contributed by atoms with Crippen molar-refractivity contribution in [3.05, 3.63) is 28.8 Å². The summed E-state index contributed by atoms with van der Waals surface area (Å²) in [4.78, 5) is 12.2. The Balaban J connectivity index is 2.40. The summed E-state index contributed by atoms with van der Waals surface area (Å²) in [6.07, 6.45) is 3.10. The highest BCUT2D eigenvalue weighted by atomic mass is 35.5. The molecule has 0 radical (unpaired) electrons. The second kappa shape index (κ2) is 14.7. The maximum Gasteiger partial charge on any atom is 0.269 e. The molecule has 0 fully saturated rings. The van der Waals surface area contributed by atoms with Crippen LogP contribution in [0.15, 0.2) is 23.4 Å². The Labute approximate surface area is 186 Å². The molecule has 1 aromatic rings. The normalized spacial score (nSPS) is 10.9. The zero-order chi connectivity index (χ0) is 23.1. The number of nitrogens with two attached hydrogens (primary N) is 2. The molecule has 0 atom stereocenters. The quantitative estimate of drug-likeness (QED) is 0.0666. The number of hydrogen-bond donors (Lipinski definition) is 8. The van der Waals surface area contributed by atoms with Crippen LogP contribution in [0.5, 0.6) is 5.75 Å². The van der Waals surface area contributed by atoms with Gasteiger partial charge in [0.05, 0.1) is 11.6 Å². The smallest absolute Gasteiger partial charge is 0.269 e. The third kappa shape index (κ3) is 11.5. The standard InChI is InChI=1S/C19H31ClN8O3/c20-14-11-13(5-6-16(14)31-10-4-3-9-27-19(23)24)12-15(28-30)17(29)25-7-1-2-8-26-18(21)22/h5-6,11,30H,1-4,7-10,12H2,(H,25,29)(H4,21,22,26)(H4,23,24,27). The van der Waals surface area contributed by atoms with Gasteiger partial charge in [0, 0.05) is 26.1 Å². The fourth-order valence-corrected chi connectivity index (χ4v) is 2.79. The van der Waals surface area contributed by atoms with Gasteiger partial charge in [0.1, 0.15) is 11.5 Å². The number of benzene rings is 1. The molecule has 0 saturated heterocycles. The van der Waals surface area contributed by atoms with Gasteiger partial charge in [-0.2, -0.15) is 0 Å². The van der Waals surface area contributed by atoms with E-state index in [1.54, 1.807) is 18.2 Å². The molecule has 12 heteroatoms. The van der Waals surface area contributed by atoms with Crippen molar-refractivity contribution in [1.82, 2.24) is 16.0 Å². The van der Waals surface area contributed by atoms with E-state index in [1.165, 1.54) is 0 Å². The van der Waals surface area contributed by atoms with Crippen LogP contribution in [0.3, 0.4) is 0 Å². The summed E-state index contributed by atoms with van der Waals surface area (Å²) in [6.45, 7) is 2.03. The first-order valence-electron chi connectivity index (χ1n) is 9.89. The third-order valence-electron chi connectivity index (χ3n) is 4.10. The van der Waals surface area contributed by atoms with Gasteiger partial charge in [0.15, 0.2) is 11.9 Å². The monoisotopic (exact) mass is 454 g/mol. The molecule has 0 unspecified atom stereocenters. The Morgan fingerprint density at radius 1 is 1.03 bits per heavy atom. The van der Waals surface area contributed by atoms with Crippen molar-refractivity contribution in [2.24, 2.45) is 16.6 Å². The molecule has 10 N–H and O–H groups in total. The summed E-state index contributed by atoms with van der Waals surface area (Å²) < 4.78 is 5.65. The number of amides is 1. The average molecular weight is 455 g/mol. The molecule has 0 aromatic heterocycles. The number of oxime groups is 1. The van der Waals surface area contributed by atoms with Crippen LogP contribution in [0, 0.1) is 10.8 Å². The van der Waals surface area contributed by atoms with Gasteiger partial charge in [0.2, 0.25) is 0 Å². The minimum absolute atomic E-state index is 0.0235. The van der Waals surface area contributed by atoms with Gasteiger partial charge in [-0.3, -0.25) is 15.6 Å². The molecule has 0 aliphatic heterocycles. The Bertz CT molecular complexity index is 773. The highest BCUT2D eigenvalue weighted by Gasteiger charge is 2.14. The molecule has 172 valence electrons. The molecule has 0 aliphatic carbocycles. The number of unbranched alkanes of at least 4 members (excludes halogenated alkanes) is 2. The molecule has 31 heavy (non-hydrogen) atoms. The van der Waals surface area contributed by atoms with Gasteiger partial charge in [0.25, 0.3) is 5.91 Å². The lowest BCUT2D eigenvalue weighted by molar-refractivity contribution is -0.115. The number of hydrogen-bond acceptors (Lipinski definition) is 6. The lowest BCUT2D eigenvalue weighted by atomic mass is 10.1. The summed E-state index contributed by atoms with van der Waals surface area (Å²) in [5.74, 6) is -0.0783. The number of carbonyl (C=O) groups is 1. The van der Waals surface area contributed by atoms with E-state index < -0.39 is 5.91 Å². The summed E-state index contributed by atoms with van der Waals surface area (Å²) >= 11 is 6.26. The van der Waals surface area contributed by atoms with E-state index in [0.29, 0.717) is 49.0 Å². The Kier molecular flexibility index (Phi) is 12.3. The minimum atomic E-state index is -0.461. The van der Waals surface area contributed by atoms with Crippen molar-refractivity contribution >= 4 is 35.1 Å². The lowest BCUT2D eigenvalue weighted by Gasteiger charge is -2.11. The molecular weight excluding hydrogens is 424 g/mol. The summed E-state index contributed by atoms with van der Waals surface area (Å²) in [7, 11) is 0. The number of nitrogens with one attached hydrogen (secondary N) is 5. The Morgan fingerprint density at radius 3 is 2.16 bits per heavy atom. The number of carbonyl (C=O) groups excluding carboxylic acids is 1. The third-order valence-corrected chi connectivity index (χ3v) is 4.39. The molecule has 1 aromatic carbocycles. The molecule has 0 bridgehead atoms. The van der Waals surface area contributed by atoms with Gasteiger partial charge in [-0.1, -0.05) is 22.8 Å². The van der Waals surface area contributed by atoms with Gasteiger partial charge in [-0.05, 0) is 43.4 Å². The zero-order valence-electron chi connectivity index (χ0n) is 17.3. The number of ether oxygens (including phenoxy) is 1. The predicted octanol–water partition coefficient (Wildman–Crippen LogP) is 0.734. The topological polar surface area (TPSA) is 195 Å². The highest BCUT2D eigenvalue weighted by Crippen LogP contribution is 2.26. The van der Waals surface area contributed by atoms with E-state index in [-0.39, 0.29) is 24.1 Å². The van der Waals surface area contributed by atoms with Gasteiger partial charge in [-0.15, -0.1) is 0 Å². The summed E-state index contributed by atoms with van der Waals surface area (Å²) in [6, 6.07) is 5.13. The molecule has 0 heterocycles. The number of rotatable bonds is 14. The summed E-state index contributed by atoms with van der Waals surface area (Å²) in [5.41, 5.74) is 11.1. The van der Waals surface area contributed by atoms with Crippen LogP contribution < -0.4 is 32.2 Å². The van der Waals surface area contributed by atoms with Crippen molar-refractivity contribution in [2.45, 2.75) is 32.1 Å². The molecule has 0 saturated carbocycles. The van der Waals surface area contributed by atoms with Crippen LogP contribution in [0.1, 0.15) is 31.2 Å². The number of halogens is 1. The number of nitrogens with zero attached hydrogens (tertiary/aromatic N) is 1. The molecule has 1 amide bonds. The van der Waals surface area contributed by atoms with Crippen molar-refractivity contribution in [3.8, 4) is 5.75 Å². The second-order valence-electron chi connectivity index (χ2n) is 6.69. The largest absolute Gasteiger partial charge is 0.492 e. The summed E-state index contributed by atoms with van der Waals surface area (Å²) in [5, 5.41) is 34.9. The fraction of sp³-hybridized carbons (Fsp3) is 0.474. The van der Waals surface area contributed by atoms with Crippen molar-refractivity contribution in [1.29, 1.82) is 10.8 Å². The Hall–Kier alpha value is -3.21. The van der Waals surface area contributed by atoms with Crippen LogP contribution >= 0.6 is 11.6 Å². The highest BCUT2D eigenvalue weighted by molar-refractivity contribution is 6.39. The van der Waals surface area contributed by atoms with Gasteiger partial charge >= 0.3 is 0 Å². The van der Waals surface area contributed by atoms with Crippen LogP contribution in [0.2, 0.25) is 5.02 Å². The first-order chi connectivity index (χ1) is 14.8. The van der Waals surface area contributed by atoms with E-state index in [9.17, 15) is 10.0 Å². The van der Waals surface area contributed by atoms with Gasteiger partial charge < -0.3 is 37.4 Å². The van der Waals surface area contributed by atoms with E-state index >= 15 is 0 Å². The SMILES string of the molecule is N=C(N)NCCCCNC(=O)C(Cc1ccc(OCCCCNC(=N)N)c(Cl)c1)=NO. The molecule has 0 spiro atoms. The lowest BCUT2D eigenvalue weighted by Crippen LogP contribution is -2.34. The van der Waals surface area contributed by atoms with E-state index in [4.69, 9.17) is 38.6 Å². The zero-order valence-corrected chi connectivity index (χ0v) is 18.1. The fourth-order valence-electron chi connectivity index (χ4n) is 2.54. The molecule has 0 aliphatic rings. The second-order valence-corrected chi connectivity index (χ2v) is 7.09. The number of guanidine groups is 2. The van der Waals surface area contributed by atoms with Crippen molar-refractivity contribution in [2.75, 3.05) is 26.2 Å². The van der Waals surface area contributed by atoms with Crippen LogP contribution in [0.4, 0.5) is 0 Å². The molecule has 1 rings (SSSR count). The first-order valence-corrected chi connectivity index (χ1v) is 10.3. The van der Waals surface area contributed by atoms with E-state index in [2.05, 4.69) is 21.1 Å². The van der Waals surface area contributed by atoms with Crippen molar-refractivity contribution < 1.29 is 14.7 Å². The first kappa shape index (κ1) is 25.8.